The Kier molecular flexibility index (Phi) is 23.7. The Hall–Kier alpha value is -7.15. The lowest BCUT2D eigenvalue weighted by Crippen LogP contribution is -2.61. The molecule has 0 saturated carbocycles. The summed E-state index contributed by atoms with van der Waals surface area (Å²) in [6.45, 7) is 3.43. The van der Waals surface area contributed by atoms with Crippen molar-refractivity contribution in [1.82, 2.24) is 42.2 Å². The first-order valence-electron chi connectivity index (χ1n) is 23.9. The summed E-state index contributed by atoms with van der Waals surface area (Å²) in [4.78, 5) is 124. The molecule has 0 unspecified atom stereocenters. The van der Waals surface area contributed by atoms with Crippen LogP contribution in [0.3, 0.4) is 0 Å². The molecular weight excluding hydrogens is 997 g/mol. The molecule has 0 aliphatic carbocycles. The fourth-order valence-electron chi connectivity index (χ4n) is 7.70. The molecule has 7 amide bonds. The number of benzene rings is 3. The van der Waals surface area contributed by atoms with Crippen LogP contribution in [-0.2, 0) is 62.4 Å². The van der Waals surface area contributed by atoms with E-state index < -0.39 is 114 Å². The van der Waals surface area contributed by atoms with Gasteiger partial charge in [-0.05, 0) is 66.6 Å². The quantitative estimate of drug-likeness (QED) is 0.0238. The van der Waals surface area contributed by atoms with Gasteiger partial charge in [0, 0.05) is 47.9 Å². The number of carbonyl (C=O) groups excluding carboxylic acids is 7. The molecule has 0 saturated heterocycles. The second-order valence-electron chi connectivity index (χ2n) is 17.9. The molecule has 0 spiro atoms. The molecule has 4 aromatic rings. The Morgan fingerprint density at radius 1 is 0.568 bits per heavy atom. The lowest BCUT2D eigenvalue weighted by Gasteiger charge is -2.28. The van der Waals surface area contributed by atoms with Gasteiger partial charge in [0.05, 0.1) is 12.5 Å². The summed E-state index contributed by atoms with van der Waals surface area (Å²) in [5, 5.41) is 47.7. The van der Waals surface area contributed by atoms with E-state index >= 15 is 0 Å². The van der Waals surface area contributed by atoms with Gasteiger partial charge in [-0.15, -0.1) is 0 Å². The molecule has 3 aromatic carbocycles. The maximum absolute atomic E-state index is 14.8. The van der Waals surface area contributed by atoms with E-state index in [2.05, 4.69) is 67.5 Å². The van der Waals surface area contributed by atoms with Gasteiger partial charge in [-0.2, -0.15) is 25.3 Å². The Morgan fingerprint density at radius 3 is 1.55 bits per heavy atom. The Balaban J connectivity index is 1.68. The zero-order valence-electron chi connectivity index (χ0n) is 40.9. The molecule has 0 fully saturated rings. The van der Waals surface area contributed by atoms with Gasteiger partial charge in [0.2, 0.25) is 41.4 Å². The van der Waals surface area contributed by atoms with E-state index in [1.807, 2.05) is 12.1 Å². The number of carbonyl (C=O) groups is 9. The SMILES string of the molecule is CC(C)[C@H](NC(=O)[C@H](CS)NC(=O)[C@H](Cc1ccc(O)cc1)NC(=O)[C@H](CCCCN)NC(=O)[C@H](Cc1c[nH]c2ccccc12)NC(=O)[C@H](Cc1ccccc1)NC(=O)[C@H](CS)NC(=O)[C@@H](N)CC(=O)O)C(=O)O. The number of nitrogens with two attached hydrogens (primary N) is 2. The van der Waals surface area contributed by atoms with Crippen molar-refractivity contribution in [2.75, 3.05) is 18.1 Å². The molecule has 1 aromatic heterocycles. The van der Waals surface area contributed by atoms with Crippen LogP contribution in [0.15, 0.2) is 85.1 Å². The monoisotopic (exact) mass is 1060 g/mol. The van der Waals surface area contributed by atoms with Crippen LogP contribution in [-0.4, -0.2) is 140 Å². The van der Waals surface area contributed by atoms with Gasteiger partial charge < -0.3 is 69.0 Å². The van der Waals surface area contributed by atoms with Crippen molar-refractivity contribution in [2.45, 2.75) is 107 Å². The molecule has 0 aliphatic rings. The highest BCUT2D eigenvalue weighted by Gasteiger charge is 2.35. The van der Waals surface area contributed by atoms with Crippen LogP contribution < -0.4 is 48.7 Å². The van der Waals surface area contributed by atoms with E-state index in [0.717, 1.165) is 10.9 Å². The number of nitrogens with one attached hydrogen (secondary N) is 8. The van der Waals surface area contributed by atoms with Crippen molar-refractivity contribution in [3.05, 3.63) is 102 Å². The molecule has 4 rings (SSSR count). The number of carboxylic acids is 2. The predicted octanol–water partition coefficient (Wildman–Crippen LogP) is -0.174. The number of hydrogen-bond acceptors (Lipinski definition) is 14. The average molecular weight is 1060 g/mol. The number of rotatable bonds is 30. The van der Waals surface area contributed by atoms with Crippen LogP contribution in [0.1, 0.15) is 56.2 Å². The number of aliphatic carboxylic acids is 2. The average Bonchev–Trinajstić information content (AvgIpc) is 3.78. The summed E-state index contributed by atoms with van der Waals surface area (Å²) < 4.78 is 0. The minimum Gasteiger partial charge on any atom is -0.508 e. The van der Waals surface area contributed by atoms with Crippen molar-refractivity contribution in [1.29, 1.82) is 0 Å². The van der Waals surface area contributed by atoms with Crippen LogP contribution in [0.5, 0.6) is 5.75 Å². The van der Waals surface area contributed by atoms with E-state index in [0.29, 0.717) is 29.5 Å². The highest BCUT2D eigenvalue weighted by Crippen LogP contribution is 2.20. The Bertz CT molecular complexity index is 2570. The number of phenols is 1. The third-order valence-electron chi connectivity index (χ3n) is 11.8. The second-order valence-corrected chi connectivity index (χ2v) is 18.6. The zero-order chi connectivity index (χ0) is 54.5. The number of phenolic OH excluding ortho intramolecular Hbond substituents is 1. The summed E-state index contributed by atoms with van der Waals surface area (Å²) in [5.74, 6) is -9.75. The summed E-state index contributed by atoms with van der Waals surface area (Å²) in [6.07, 6.45) is 1.28. The summed E-state index contributed by atoms with van der Waals surface area (Å²) in [7, 11) is 0. The highest BCUT2D eigenvalue weighted by molar-refractivity contribution is 7.80. The minimum absolute atomic E-state index is 0.00315. The van der Waals surface area contributed by atoms with Gasteiger partial charge in [0.1, 0.15) is 48.0 Å². The Morgan fingerprint density at radius 2 is 1.03 bits per heavy atom. The molecule has 22 nitrogen and oxygen atoms in total. The predicted molar refractivity (Wildman–Crippen MR) is 281 cm³/mol. The topological polar surface area (TPSA) is 366 Å². The molecule has 15 N–H and O–H groups in total. The number of para-hydroxylation sites is 1. The molecule has 24 heteroatoms. The smallest absolute Gasteiger partial charge is 0.326 e. The van der Waals surface area contributed by atoms with E-state index in [4.69, 9.17) is 16.6 Å². The van der Waals surface area contributed by atoms with E-state index in [1.54, 1.807) is 62.5 Å². The summed E-state index contributed by atoms with van der Waals surface area (Å²) >= 11 is 8.42. The molecule has 0 bridgehead atoms. The number of aromatic hydroxyl groups is 1. The van der Waals surface area contributed by atoms with Gasteiger partial charge in [0.25, 0.3) is 0 Å². The van der Waals surface area contributed by atoms with Gasteiger partial charge in [-0.1, -0.05) is 74.5 Å². The van der Waals surface area contributed by atoms with Crippen LogP contribution in [0.25, 0.3) is 10.9 Å². The fraction of sp³-hybridized carbons (Fsp3) is 0.420. The number of unbranched alkanes of at least 4 members (excludes halogenated alkanes) is 1. The van der Waals surface area contributed by atoms with Crippen molar-refractivity contribution in [2.24, 2.45) is 17.4 Å². The number of aromatic nitrogens is 1. The first kappa shape index (κ1) is 59.4. The number of fused-ring (bicyclic) bond motifs is 1. The van der Waals surface area contributed by atoms with Crippen molar-refractivity contribution < 1.29 is 58.5 Å². The third-order valence-corrected chi connectivity index (χ3v) is 12.6. The molecule has 1 heterocycles. The minimum atomic E-state index is -1.49. The highest BCUT2D eigenvalue weighted by atomic mass is 32.1. The number of hydrogen-bond donors (Lipinski definition) is 15. The molecule has 0 aliphatic heterocycles. The maximum atomic E-state index is 14.8. The van der Waals surface area contributed by atoms with E-state index in [1.165, 1.54) is 24.3 Å². The lowest BCUT2D eigenvalue weighted by molar-refractivity contribution is -0.143. The van der Waals surface area contributed by atoms with Crippen LogP contribution in [0, 0.1) is 5.92 Å². The number of H-pyrrole nitrogens is 1. The molecular formula is C50H66N10O12S2. The first-order chi connectivity index (χ1) is 35.2. The van der Waals surface area contributed by atoms with Crippen LogP contribution >= 0.6 is 25.3 Å². The second kappa shape index (κ2) is 29.5. The first-order valence-corrected chi connectivity index (χ1v) is 25.1. The number of thiol groups is 2. The van der Waals surface area contributed by atoms with Gasteiger partial charge in [-0.25, -0.2) is 4.79 Å². The van der Waals surface area contributed by atoms with Crippen molar-refractivity contribution >= 4 is 89.4 Å². The standard InChI is InChI=1S/C50H66N10O12S2/c1-27(2)42(50(71)72)60-49(70)40(26-74)59-46(67)37(21-29-15-17-31(61)18-16-29)55-44(65)35(14-8-9-19-51)54-47(68)38(22-30-24-53-34-13-7-6-12-32(30)34)57-45(66)36(20-28-10-4-3-5-11-28)56-48(69)39(25-73)58-43(64)33(52)23-41(62)63/h3-7,10-13,15-18,24,27,33,35-40,42,53,61,73-74H,8-9,14,19-23,25-26,51-52H2,1-2H3,(H,54,68)(H,55,65)(H,56,69)(H,57,66)(H,58,64)(H,59,67)(H,60,70)(H,62,63)(H,71,72)/t33-,35-,36-,37-,38-,39-,40-,42-/m0/s1. The molecule has 0 radical (unpaired) electrons. The maximum Gasteiger partial charge on any atom is 0.326 e. The summed E-state index contributed by atoms with van der Waals surface area (Å²) in [6, 6.07) is 10.5. The molecule has 8 atom stereocenters. The van der Waals surface area contributed by atoms with Gasteiger partial charge in [0.15, 0.2) is 0 Å². The van der Waals surface area contributed by atoms with Crippen molar-refractivity contribution in [3.8, 4) is 5.75 Å². The van der Waals surface area contributed by atoms with E-state index in [9.17, 15) is 53.4 Å². The van der Waals surface area contributed by atoms with Gasteiger partial charge in [-0.3, -0.25) is 38.4 Å². The van der Waals surface area contributed by atoms with Crippen molar-refractivity contribution in [3.63, 3.8) is 0 Å². The lowest BCUT2D eigenvalue weighted by atomic mass is 10.0. The largest absolute Gasteiger partial charge is 0.508 e. The number of carboxylic acid groups (broad SMARTS) is 2. The fourth-order valence-corrected chi connectivity index (χ4v) is 8.22. The Labute approximate surface area is 438 Å². The summed E-state index contributed by atoms with van der Waals surface area (Å²) in [5.41, 5.74) is 13.9. The van der Waals surface area contributed by atoms with Crippen LogP contribution in [0.2, 0.25) is 0 Å². The normalized spacial score (nSPS) is 14.4. The molecule has 74 heavy (non-hydrogen) atoms. The van der Waals surface area contributed by atoms with Gasteiger partial charge >= 0.3 is 11.9 Å². The third kappa shape index (κ3) is 18.4. The van der Waals surface area contributed by atoms with E-state index in [-0.39, 0.29) is 49.5 Å². The zero-order valence-corrected chi connectivity index (χ0v) is 42.7. The number of aromatic amines is 1. The van der Waals surface area contributed by atoms with Crippen LogP contribution in [0.4, 0.5) is 0 Å². The number of amides is 7. The molecule has 400 valence electrons.